The minimum Gasteiger partial charge on any atom is -0.342 e. The highest BCUT2D eigenvalue weighted by atomic mass is 79.9. The molecule has 0 aliphatic heterocycles. The molecule has 0 radical (unpaired) electrons. The summed E-state index contributed by atoms with van der Waals surface area (Å²) >= 11 is 9.73. The van der Waals surface area contributed by atoms with E-state index in [0.717, 1.165) is 20.9 Å². The smallest absolute Gasteiger partial charge is 0.269 e. The van der Waals surface area contributed by atoms with Gasteiger partial charge in [0.1, 0.15) is 5.69 Å². The highest BCUT2D eigenvalue weighted by Crippen LogP contribution is 2.29. The van der Waals surface area contributed by atoms with Crippen molar-refractivity contribution in [3.63, 3.8) is 0 Å². The molecule has 134 valence electrons. The van der Waals surface area contributed by atoms with Gasteiger partial charge in [0.2, 0.25) is 5.91 Å². The van der Waals surface area contributed by atoms with Crippen LogP contribution in [0, 0.1) is 6.92 Å². The number of amides is 2. The Morgan fingerprint density at radius 1 is 1.19 bits per heavy atom. The van der Waals surface area contributed by atoms with Crippen LogP contribution in [0.15, 0.2) is 46.9 Å². The van der Waals surface area contributed by atoms with Crippen molar-refractivity contribution in [3.05, 3.63) is 63.2 Å². The van der Waals surface area contributed by atoms with Crippen LogP contribution in [0.5, 0.6) is 0 Å². The minimum atomic E-state index is -0.392. The number of anilines is 1. The first-order chi connectivity index (χ1) is 12.4. The molecule has 0 atom stereocenters. The normalized spacial score (nSPS) is 10.8. The Balaban J connectivity index is 1.70. The van der Waals surface area contributed by atoms with Crippen molar-refractivity contribution in [2.75, 3.05) is 11.9 Å². The van der Waals surface area contributed by atoms with E-state index in [2.05, 4.69) is 26.6 Å². The lowest BCUT2D eigenvalue weighted by molar-refractivity contribution is -0.115. The Morgan fingerprint density at radius 3 is 2.62 bits per heavy atom. The van der Waals surface area contributed by atoms with Crippen molar-refractivity contribution >= 4 is 55.9 Å². The van der Waals surface area contributed by atoms with E-state index >= 15 is 0 Å². The first kappa shape index (κ1) is 18.5. The van der Waals surface area contributed by atoms with Gasteiger partial charge in [0.05, 0.1) is 11.6 Å². The molecule has 0 bridgehead atoms. The number of rotatable bonds is 4. The fourth-order valence-electron chi connectivity index (χ4n) is 2.80. The van der Waals surface area contributed by atoms with Gasteiger partial charge >= 0.3 is 0 Å². The third-order valence-corrected chi connectivity index (χ3v) is 5.01. The Kier molecular flexibility index (Phi) is 5.34. The molecule has 0 saturated heterocycles. The summed E-state index contributed by atoms with van der Waals surface area (Å²) in [5.74, 6) is -0.699. The van der Waals surface area contributed by atoms with Gasteiger partial charge in [-0.2, -0.15) is 0 Å². The van der Waals surface area contributed by atoms with Gasteiger partial charge in [0.15, 0.2) is 0 Å². The molecule has 0 unspecified atom stereocenters. The standard InChI is InChI=1S/C19H17BrClN3O2/c1-11-9-12(20)7-8-14(11)23-16(25)10-22-19(26)18-17(21)13-5-3-4-6-15(13)24(18)2/h3-9H,10H2,1-2H3,(H,22,26)(H,23,25). The third kappa shape index (κ3) is 3.61. The first-order valence-corrected chi connectivity index (χ1v) is 9.12. The number of halogens is 2. The second-order valence-corrected chi connectivity index (χ2v) is 7.22. The summed E-state index contributed by atoms with van der Waals surface area (Å²) in [7, 11) is 1.77. The SMILES string of the molecule is Cc1cc(Br)ccc1NC(=O)CNC(=O)c1c(Cl)c2ccccc2n1C. The molecule has 0 spiro atoms. The van der Waals surface area contributed by atoms with E-state index in [1.54, 1.807) is 17.7 Å². The van der Waals surface area contributed by atoms with Gasteiger partial charge in [0, 0.05) is 28.1 Å². The van der Waals surface area contributed by atoms with Crippen LogP contribution in [0.2, 0.25) is 5.02 Å². The molecule has 5 nitrogen and oxygen atoms in total. The lowest BCUT2D eigenvalue weighted by Crippen LogP contribution is -2.34. The van der Waals surface area contributed by atoms with Crippen LogP contribution in [-0.2, 0) is 11.8 Å². The lowest BCUT2D eigenvalue weighted by atomic mass is 10.2. The maximum atomic E-state index is 12.5. The lowest BCUT2D eigenvalue weighted by Gasteiger charge is -2.10. The van der Waals surface area contributed by atoms with Gasteiger partial charge in [0.25, 0.3) is 5.91 Å². The average Bonchev–Trinajstić information content (AvgIpc) is 2.87. The molecule has 1 heterocycles. The molecule has 0 saturated carbocycles. The maximum Gasteiger partial charge on any atom is 0.269 e. The molecule has 2 amide bonds. The molecule has 0 aliphatic carbocycles. The van der Waals surface area contributed by atoms with E-state index < -0.39 is 5.91 Å². The summed E-state index contributed by atoms with van der Waals surface area (Å²) in [4.78, 5) is 24.7. The maximum absolute atomic E-state index is 12.5. The molecule has 26 heavy (non-hydrogen) atoms. The van der Waals surface area contributed by atoms with Crippen LogP contribution in [0.4, 0.5) is 5.69 Å². The number of nitrogens with zero attached hydrogens (tertiary/aromatic N) is 1. The zero-order valence-corrected chi connectivity index (χ0v) is 16.6. The fraction of sp³-hybridized carbons (Fsp3) is 0.158. The van der Waals surface area contributed by atoms with E-state index in [1.807, 2.05) is 43.3 Å². The Hall–Kier alpha value is -2.31. The Bertz CT molecular complexity index is 974. The third-order valence-electron chi connectivity index (χ3n) is 4.13. The van der Waals surface area contributed by atoms with Gasteiger partial charge < -0.3 is 15.2 Å². The predicted molar refractivity (Wildman–Crippen MR) is 108 cm³/mol. The van der Waals surface area contributed by atoms with Crippen molar-refractivity contribution in [1.29, 1.82) is 0 Å². The van der Waals surface area contributed by atoms with Crippen molar-refractivity contribution in [1.82, 2.24) is 9.88 Å². The number of benzene rings is 2. The van der Waals surface area contributed by atoms with Crippen molar-refractivity contribution in [2.45, 2.75) is 6.92 Å². The summed E-state index contributed by atoms with van der Waals surface area (Å²) in [5, 5.41) is 6.59. The summed E-state index contributed by atoms with van der Waals surface area (Å²) in [6.45, 7) is 1.75. The first-order valence-electron chi connectivity index (χ1n) is 7.95. The number of nitrogens with one attached hydrogen (secondary N) is 2. The molecular formula is C19H17BrClN3O2. The van der Waals surface area contributed by atoms with Crippen LogP contribution in [0.1, 0.15) is 16.1 Å². The fourth-order valence-corrected chi connectivity index (χ4v) is 3.65. The monoisotopic (exact) mass is 433 g/mol. The molecular weight excluding hydrogens is 418 g/mol. The van der Waals surface area contributed by atoms with E-state index in [9.17, 15) is 9.59 Å². The number of aryl methyl sites for hydroxylation is 2. The molecule has 1 aromatic heterocycles. The second kappa shape index (κ2) is 7.51. The van der Waals surface area contributed by atoms with E-state index in [1.165, 1.54) is 0 Å². The predicted octanol–water partition coefficient (Wildman–Crippen LogP) is 4.27. The largest absolute Gasteiger partial charge is 0.342 e. The number of aromatic nitrogens is 1. The molecule has 3 aromatic rings. The van der Waals surface area contributed by atoms with E-state index in [0.29, 0.717) is 16.4 Å². The van der Waals surface area contributed by atoms with Crippen LogP contribution >= 0.6 is 27.5 Å². The zero-order valence-electron chi connectivity index (χ0n) is 14.3. The van der Waals surface area contributed by atoms with Crippen LogP contribution in [0.25, 0.3) is 10.9 Å². The van der Waals surface area contributed by atoms with Gasteiger partial charge in [-0.1, -0.05) is 45.7 Å². The summed E-state index contributed by atoms with van der Waals surface area (Å²) in [6.07, 6.45) is 0. The van der Waals surface area contributed by atoms with Crippen LogP contribution in [0.3, 0.4) is 0 Å². The van der Waals surface area contributed by atoms with Crippen molar-refractivity contribution in [3.8, 4) is 0 Å². The van der Waals surface area contributed by atoms with E-state index in [-0.39, 0.29) is 12.5 Å². The van der Waals surface area contributed by atoms with Gasteiger partial charge in [-0.3, -0.25) is 9.59 Å². The number of carbonyl (C=O) groups is 2. The Morgan fingerprint density at radius 2 is 1.92 bits per heavy atom. The average molecular weight is 435 g/mol. The highest BCUT2D eigenvalue weighted by molar-refractivity contribution is 9.10. The van der Waals surface area contributed by atoms with Crippen LogP contribution < -0.4 is 10.6 Å². The number of para-hydroxylation sites is 1. The van der Waals surface area contributed by atoms with Gasteiger partial charge in [-0.15, -0.1) is 0 Å². The van der Waals surface area contributed by atoms with Gasteiger partial charge in [-0.05, 0) is 36.8 Å². The molecule has 2 aromatic carbocycles. The quantitative estimate of drug-likeness (QED) is 0.644. The number of fused-ring (bicyclic) bond motifs is 1. The van der Waals surface area contributed by atoms with E-state index in [4.69, 9.17) is 11.6 Å². The zero-order chi connectivity index (χ0) is 18.8. The summed E-state index contributed by atoms with van der Waals surface area (Å²) < 4.78 is 2.66. The minimum absolute atomic E-state index is 0.147. The number of hydrogen-bond donors (Lipinski definition) is 2. The summed E-state index contributed by atoms with van der Waals surface area (Å²) in [5.41, 5.74) is 2.82. The second-order valence-electron chi connectivity index (χ2n) is 5.93. The number of hydrogen-bond acceptors (Lipinski definition) is 2. The number of carbonyl (C=O) groups excluding carboxylic acids is 2. The highest BCUT2D eigenvalue weighted by Gasteiger charge is 2.20. The van der Waals surface area contributed by atoms with Gasteiger partial charge in [-0.25, -0.2) is 0 Å². The Labute approximate surface area is 164 Å². The molecule has 7 heteroatoms. The molecule has 0 fully saturated rings. The molecule has 3 rings (SSSR count). The van der Waals surface area contributed by atoms with Crippen molar-refractivity contribution < 1.29 is 9.59 Å². The summed E-state index contributed by atoms with van der Waals surface area (Å²) in [6, 6.07) is 13.1. The van der Waals surface area contributed by atoms with Crippen LogP contribution in [-0.4, -0.2) is 22.9 Å². The molecule has 2 N–H and O–H groups in total. The van der Waals surface area contributed by atoms with Crippen molar-refractivity contribution in [2.24, 2.45) is 7.05 Å². The molecule has 0 aliphatic rings. The topological polar surface area (TPSA) is 63.1 Å².